The summed E-state index contributed by atoms with van der Waals surface area (Å²) in [6, 6.07) is 8.36. The minimum atomic E-state index is -4.75. The van der Waals surface area contributed by atoms with Gasteiger partial charge in [0.1, 0.15) is 16.3 Å². The Labute approximate surface area is 317 Å². The molecule has 0 bridgehead atoms. The fourth-order valence-electron chi connectivity index (χ4n) is 7.74. The number of nitrogens with zero attached hydrogens (tertiary/aromatic N) is 5. The van der Waals surface area contributed by atoms with Gasteiger partial charge in [0.25, 0.3) is 0 Å². The lowest BCUT2D eigenvalue weighted by Gasteiger charge is -2.38. The van der Waals surface area contributed by atoms with Crippen LogP contribution in [0.4, 0.5) is 19.0 Å². The summed E-state index contributed by atoms with van der Waals surface area (Å²) >= 11 is 0. The summed E-state index contributed by atoms with van der Waals surface area (Å²) in [5, 5.41) is 30.8. The molecule has 1 saturated carbocycles. The SMILES string of the molecule is C.Cc1ccc([C@H](c2ccn3c(C(F)(F)F)nnc3c2C)C(C)(C)C(=O)O)cc1CN1CC2(CCOCC2)Oc2nc(NC3CC(O)C3)c(C)cc2S1(=O)=O. The fraction of sp³-hybridized carbons (Fsp3) is 0.526. The van der Waals surface area contributed by atoms with Crippen molar-refractivity contribution in [1.82, 2.24) is 23.9 Å². The zero-order valence-corrected chi connectivity index (χ0v) is 31.4. The number of ether oxygens (including phenoxy) is 2. The first-order valence-electron chi connectivity index (χ1n) is 17.8. The number of pyridine rings is 2. The highest BCUT2D eigenvalue weighted by atomic mass is 32.2. The molecule has 1 aliphatic carbocycles. The van der Waals surface area contributed by atoms with Gasteiger partial charge in [-0.2, -0.15) is 22.5 Å². The summed E-state index contributed by atoms with van der Waals surface area (Å²) in [5.74, 6) is -2.73. The minimum absolute atomic E-state index is 0. The quantitative estimate of drug-likeness (QED) is 0.191. The van der Waals surface area contributed by atoms with Gasteiger partial charge in [-0.3, -0.25) is 9.20 Å². The average Bonchev–Trinajstić information content (AvgIpc) is 3.51. The largest absolute Gasteiger partial charge is 0.481 e. The third kappa shape index (κ3) is 7.27. The number of aromatic nitrogens is 4. The molecule has 1 spiro atoms. The van der Waals surface area contributed by atoms with Gasteiger partial charge in [-0.1, -0.05) is 25.6 Å². The van der Waals surface area contributed by atoms with Crippen molar-refractivity contribution in [3.05, 3.63) is 75.7 Å². The van der Waals surface area contributed by atoms with E-state index in [0.29, 0.717) is 72.5 Å². The topological polar surface area (TPSA) is 168 Å². The Morgan fingerprint density at radius 1 is 1.07 bits per heavy atom. The van der Waals surface area contributed by atoms with E-state index in [4.69, 9.17) is 14.5 Å². The normalized spacial score (nSPS) is 21.5. The molecule has 4 aromatic rings. The molecule has 1 saturated heterocycles. The number of fused-ring (bicyclic) bond motifs is 2. The van der Waals surface area contributed by atoms with Crippen molar-refractivity contribution in [3.8, 4) is 5.88 Å². The second-order valence-electron chi connectivity index (χ2n) is 15.4. The van der Waals surface area contributed by atoms with E-state index in [1.807, 2.05) is 6.92 Å². The summed E-state index contributed by atoms with van der Waals surface area (Å²) in [5.41, 5.74) is 0.807. The fourth-order valence-corrected chi connectivity index (χ4v) is 9.37. The maximum absolute atomic E-state index is 14.6. The minimum Gasteiger partial charge on any atom is -0.481 e. The number of nitrogens with one attached hydrogen (secondary N) is 1. The number of aryl methyl sites for hydroxylation is 3. The Bertz CT molecular complexity index is 2230. The molecular formula is C38H47F3N6O7S. The van der Waals surface area contributed by atoms with Crippen molar-refractivity contribution in [2.45, 2.75) is 109 Å². The van der Waals surface area contributed by atoms with Crippen LogP contribution in [0.2, 0.25) is 0 Å². The van der Waals surface area contributed by atoms with Crippen LogP contribution >= 0.6 is 0 Å². The molecule has 3 aliphatic rings. The average molecular weight is 789 g/mol. The van der Waals surface area contributed by atoms with E-state index in [1.165, 1.54) is 16.6 Å². The predicted molar refractivity (Wildman–Crippen MR) is 197 cm³/mol. The van der Waals surface area contributed by atoms with E-state index >= 15 is 0 Å². The Morgan fingerprint density at radius 3 is 2.40 bits per heavy atom. The molecule has 5 heterocycles. The van der Waals surface area contributed by atoms with Crippen LogP contribution < -0.4 is 10.1 Å². The van der Waals surface area contributed by atoms with Crippen molar-refractivity contribution in [2.24, 2.45) is 5.41 Å². The van der Waals surface area contributed by atoms with Crippen LogP contribution in [-0.4, -0.2) is 86.0 Å². The van der Waals surface area contributed by atoms with E-state index < -0.39 is 44.9 Å². The molecule has 17 heteroatoms. The highest BCUT2D eigenvalue weighted by Gasteiger charge is 2.47. The maximum atomic E-state index is 14.6. The number of sulfonamides is 1. The molecule has 13 nitrogen and oxygen atoms in total. The first kappa shape index (κ1) is 40.3. The highest BCUT2D eigenvalue weighted by molar-refractivity contribution is 7.89. The van der Waals surface area contributed by atoms with Gasteiger partial charge in [-0.05, 0) is 93.0 Å². The molecule has 3 N–H and O–H groups in total. The summed E-state index contributed by atoms with van der Waals surface area (Å²) in [6.07, 6.45) is -2.00. The summed E-state index contributed by atoms with van der Waals surface area (Å²) < 4.78 is 84.8. The standard InChI is InChI=1S/C37H43F3N6O7S.CH4/c1-20-6-7-23(29(35(4,5)34(48)49)27-8-11-46-31(22(27)3)43-44-33(46)37(38,39)40)15-24(20)18-45-19-36(9-12-52-13-10-36)53-32-28(54(45,50)51)14-21(2)30(42-32)41-25-16-26(47)17-25;/h6-8,11,14-15,25-26,29,47H,9-10,12-13,16-19H2,1-5H3,(H,41,42)(H,48,49);1H4/t25?,26?,29-;/m1./s1. The highest BCUT2D eigenvalue weighted by Crippen LogP contribution is 2.45. The van der Waals surface area contributed by atoms with Gasteiger partial charge in [0.2, 0.25) is 21.7 Å². The molecule has 3 aromatic heterocycles. The number of benzene rings is 1. The van der Waals surface area contributed by atoms with Crippen LogP contribution in [0.5, 0.6) is 5.88 Å². The first-order chi connectivity index (χ1) is 25.3. The number of aliphatic hydroxyl groups excluding tert-OH is 1. The number of alkyl halides is 3. The van der Waals surface area contributed by atoms with Crippen LogP contribution in [0.15, 0.2) is 41.4 Å². The first-order valence-corrected chi connectivity index (χ1v) is 19.2. The van der Waals surface area contributed by atoms with Gasteiger partial charge < -0.3 is 25.0 Å². The molecule has 2 aliphatic heterocycles. The lowest BCUT2D eigenvalue weighted by molar-refractivity contribution is -0.147. The molecule has 0 amide bonds. The number of rotatable bonds is 8. The maximum Gasteiger partial charge on any atom is 0.452 e. The third-order valence-corrected chi connectivity index (χ3v) is 12.9. The third-order valence-electron chi connectivity index (χ3n) is 11.2. The molecule has 2 fully saturated rings. The number of aliphatic carboxylic acids is 1. The van der Waals surface area contributed by atoms with Crippen LogP contribution in [0, 0.1) is 26.2 Å². The number of aliphatic hydroxyl groups is 1. The number of carboxylic acids is 1. The molecule has 55 heavy (non-hydrogen) atoms. The zero-order chi connectivity index (χ0) is 39.0. The summed E-state index contributed by atoms with van der Waals surface area (Å²) in [6.45, 7) is 8.92. The predicted octanol–water partition coefficient (Wildman–Crippen LogP) is 6.01. The van der Waals surface area contributed by atoms with E-state index in [2.05, 4.69) is 15.5 Å². The lowest BCUT2D eigenvalue weighted by atomic mass is 9.70. The van der Waals surface area contributed by atoms with Gasteiger partial charge in [-0.15, -0.1) is 10.2 Å². The number of anilines is 1. The second-order valence-corrected chi connectivity index (χ2v) is 17.3. The van der Waals surface area contributed by atoms with Gasteiger partial charge in [0.15, 0.2) is 5.65 Å². The Balaban J connectivity index is 0.00000514. The lowest BCUT2D eigenvalue weighted by Crippen LogP contribution is -2.50. The molecule has 1 aromatic carbocycles. The zero-order valence-electron chi connectivity index (χ0n) is 30.6. The number of carbonyl (C=O) groups is 1. The summed E-state index contributed by atoms with van der Waals surface area (Å²) in [7, 11) is -4.21. The number of hydrogen-bond acceptors (Lipinski definition) is 10. The molecule has 0 radical (unpaired) electrons. The van der Waals surface area contributed by atoms with Crippen LogP contribution in [0.1, 0.15) is 92.1 Å². The van der Waals surface area contributed by atoms with Gasteiger partial charge in [0.05, 0.1) is 31.3 Å². The molecule has 7 rings (SSSR count). The second kappa shape index (κ2) is 14.3. The smallest absolute Gasteiger partial charge is 0.452 e. The molecule has 0 unspecified atom stereocenters. The van der Waals surface area contributed by atoms with Crippen molar-refractivity contribution >= 4 is 27.5 Å². The number of halogens is 3. The monoisotopic (exact) mass is 788 g/mol. The van der Waals surface area contributed by atoms with Gasteiger partial charge >= 0.3 is 12.1 Å². The van der Waals surface area contributed by atoms with Crippen LogP contribution in [0.3, 0.4) is 0 Å². The van der Waals surface area contributed by atoms with Crippen molar-refractivity contribution in [2.75, 3.05) is 25.1 Å². The van der Waals surface area contributed by atoms with E-state index in [1.54, 1.807) is 52.0 Å². The van der Waals surface area contributed by atoms with Crippen molar-refractivity contribution in [3.63, 3.8) is 0 Å². The van der Waals surface area contributed by atoms with E-state index in [9.17, 15) is 36.6 Å². The van der Waals surface area contributed by atoms with E-state index in [0.717, 1.165) is 9.96 Å². The Hall–Kier alpha value is -4.32. The van der Waals surface area contributed by atoms with Gasteiger partial charge in [-0.25, -0.2) is 8.42 Å². The molecule has 1 atom stereocenters. The van der Waals surface area contributed by atoms with Gasteiger partial charge in [0, 0.05) is 37.5 Å². The number of carboxylic acid groups (broad SMARTS) is 1. The van der Waals surface area contributed by atoms with Crippen molar-refractivity contribution in [1.29, 1.82) is 0 Å². The molecule has 298 valence electrons. The summed E-state index contributed by atoms with van der Waals surface area (Å²) in [4.78, 5) is 17.4. The molecular weight excluding hydrogens is 742 g/mol. The van der Waals surface area contributed by atoms with Crippen molar-refractivity contribution < 1.29 is 46.1 Å². The van der Waals surface area contributed by atoms with Crippen LogP contribution in [-0.2, 0) is 32.3 Å². The Morgan fingerprint density at radius 2 is 1.76 bits per heavy atom. The van der Waals surface area contributed by atoms with E-state index in [-0.39, 0.29) is 49.1 Å². The Kier molecular flexibility index (Phi) is 10.5. The number of hydrogen-bond donors (Lipinski definition) is 3. The van der Waals surface area contributed by atoms with Crippen LogP contribution in [0.25, 0.3) is 5.65 Å².